The zero-order valence-electron chi connectivity index (χ0n) is 22.1. The largest absolute Gasteiger partial charge is 0.477 e. The Balaban J connectivity index is 1.69. The number of sulfone groups is 1. The fourth-order valence-electron chi connectivity index (χ4n) is 4.37. The highest BCUT2D eigenvalue weighted by molar-refractivity contribution is 7.90. The number of anilines is 2. The molecule has 0 fully saturated rings. The third-order valence-corrected chi connectivity index (χ3v) is 7.55. The van der Waals surface area contributed by atoms with Crippen molar-refractivity contribution in [3.8, 4) is 5.88 Å². The van der Waals surface area contributed by atoms with Gasteiger partial charge in [0, 0.05) is 37.2 Å². The monoisotopic (exact) mass is 543 g/mol. The lowest BCUT2D eigenvalue weighted by molar-refractivity contribution is 0.0235. The van der Waals surface area contributed by atoms with Crippen molar-refractivity contribution in [2.24, 2.45) is 5.73 Å². The molecule has 0 bridgehead atoms. The zero-order valence-corrected chi connectivity index (χ0v) is 23.0. The van der Waals surface area contributed by atoms with Crippen LogP contribution in [0.15, 0.2) is 30.6 Å². The lowest BCUT2D eigenvalue weighted by Crippen LogP contribution is -2.38. The van der Waals surface area contributed by atoms with Gasteiger partial charge < -0.3 is 25.3 Å². The number of nitrogens with one attached hydrogen (secondary N) is 1. The van der Waals surface area contributed by atoms with Crippen LogP contribution in [0.3, 0.4) is 0 Å². The van der Waals surface area contributed by atoms with Gasteiger partial charge in [0.1, 0.15) is 27.6 Å². The number of cyclic esters (lactones) is 1. The van der Waals surface area contributed by atoms with Crippen molar-refractivity contribution < 1.29 is 27.4 Å². The van der Waals surface area contributed by atoms with E-state index in [-0.39, 0.29) is 37.0 Å². The Labute approximate surface area is 222 Å². The number of rotatable bonds is 10. The van der Waals surface area contributed by atoms with Crippen molar-refractivity contribution in [3.05, 3.63) is 47.4 Å². The number of nitrogens with two attached hydrogens (primary N) is 1. The van der Waals surface area contributed by atoms with Crippen molar-refractivity contribution in [1.29, 1.82) is 0 Å². The van der Waals surface area contributed by atoms with Gasteiger partial charge >= 0.3 is 5.97 Å². The summed E-state index contributed by atoms with van der Waals surface area (Å²) >= 11 is 0. The average Bonchev–Trinajstić information content (AvgIpc) is 2.84. The fraction of sp³-hybridized carbons (Fsp3) is 0.462. The molecule has 11 nitrogen and oxygen atoms in total. The number of aromatic nitrogens is 3. The molecule has 0 aromatic carbocycles. The average molecular weight is 544 g/mol. The van der Waals surface area contributed by atoms with Gasteiger partial charge in [-0.05, 0) is 43.9 Å². The van der Waals surface area contributed by atoms with Crippen LogP contribution in [0.4, 0.5) is 11.6 Å². The molecule has 3 aromatic rings. The smallest absolute Gasteiger partial charge is 0.340 e. The van der Waals surface area contributed by atoms with Crippen molar-refractivity contribution >= 4 is 38.2 Å². The summed E-state index contributed by atoms with van der Waals surface area (Å²) in [7, 11) is -1.51. The Morgan fingerprint density at radius 1 is 1.16 bits per heavy atom. The van der Waals surface area contributed by atoms with Crippen LogP contribution < -0.4 is 15.8 Å². The lowest BCUT2D eigenvalue weighted by Gasteiger charge is -2.27. The Hall–Kier alpha value is -3.35. The van der Waals surface area contributed by atoms with Gasteiger partial charge in [-0.2, -0.15) is 0 Å². The quantitative estimate of drug-likeness (QED) is 0.286. The number of nitrogens with zero attached hydrogens (tertiary/aromatic N) is 3. The van der Waals surface area contributed by atoms with Gasteiger partial charge in [-0.15, -0.1) is 0 Å². The number of hydrogen-bond donors (Lipinski definition) is 2. The van der Waals surface area contributed by atoms with Crippen molar-refractivity contribution in [3.63, 3.8) is 0 Å². The maximum Gasteiger partial charge on any atom is 0.340 e. The third kappa shape index (κ3) is 6.03. The molecule has 0 amide bonds. The Bertz CT molecular complexity index is 1460. The molecular formula is C26H33N5O6S. The number of methoxy groups -OCH3 is 1. The van der Waals surface area contributed by atoms with Crippen molar-refractivity contribution in [2.75, 3.05) is 37.6 Å². The minimum Gasteiger partial charge on any atom is -0.477 e. The van der Waals surface area contributed by atoms with Gasteiger partial charge in [0.15, 0.2) is 0 Å². The molecule has 0 aliphatic carbocycles. The first-order valence-electron chi connectivity index (χ1n) is 12.3. The predicted octanol–water partition coefficient (Wildman–Crippen LogP) is 3.06. The zero-order chi connectivity index (χ0) is 27.7. The minimum absolute atomic E-state index is 0.0208. The lowest BCUT2D eigenvalue weighted by atomic mass is 9.91. The van der Waals surface area contributed by atoms with Gasteiger partial charge in [0.25, 0.3) is 0 Å². The van der Waals surface area contributed by atoms with E-state index in [1.807, 2.05) is 26.8 Å². The molecule has 38 heavy (non-hydrogen) atoms. The van der Waals surface area contributed by atoms with Gasteiger partial charge in [-0.25, -0.2) is 28.2 Å². The van der Waals surface area contributed by atoms with E-state index in [9.17, 15) is 13.2 Å². The van der Waals surface area contributed by atoms with Gasteiger partial charge in [-0.3, -0.25) is 0 Å². The summed E-state index contributed by atoms with van der Waals surface area (Å²) in [6.45, 7) is 6.10. The molecule has 4 rings (SSSR count). The van der Waals surface area contributed by atoms with E-state index in [1.54, 1.807) is 31.6 Å². The summed E-state index contributed by atoms with van der Waals surface area (Å²) in [6.07, 6.45) is 4.52. The number of ether oxygens (including phenoxy) is 3. The topological polar surface area (TPSA) is 156 Å². The Morgan fingerprint density at radius 3 is 2.63 bits per heavy atom. The number of carbonyl (C=O) groups excluding carboxylic acids is 1. The highest BCUT2D eigenvalue weighted by Gasteiger charge is 2.31. The summed E-state index contributed by atoms with van der Waals surface area (Å²) in [6, 6.07) is 5.23. The summed E-state index contributed by atoms with van der Waals surface area (Å²) in [5, 5.41) is 4.60. The molecule has 1 aliphatic rings. The Kier molecular flexibility index (Phi) is 7.86. The molecule has 3 N–H and O–H groups in total. The number of hydrogen-bond acceptors (Lipinski definition) is 11. The standard InChI is InChI=1S/C26H33N5O6S/c1-15-16(2)37-25(32)17-7-8-21(31-23(15)17)30-22-11-18-19(12-28-22)24(36-9-6-10-38(5,33)34)29-13-20(18)26(3,27)14-35-4/h7-8,11-13,15-16H,6,9-10,14,27H2,1-5H3,(H,28,30,31)/t15-,16-,26+/m0/s1. The van der Waals surface area contributed by atoms with Gasteiger partial charge in [0.05, 0.1) is 41.1 Å². The van der Waals surface area contributed by atoms with Crippen LogP contribution in [0.1, 0.15) is 54.7 Å². The van der Waals surface area contributed by atoms with Crippen LogP contribution in [0.2, 0.25) is 0 Å². The number of fused-ring (bicyclic) bond motifs is 2. The first-order chi connectivity index (χ1) is 17.9. The SMILES string of the molecule is COC[C@@](C)(N)c1cnc(OCCCS(C)(=O)=O)c2cnc(Nc3ccc4c(n3)[C@@H](C)[C@H](C)OC4=O)cc12. The second kappa shape index (κ2) is 10.8. The summed E-state index contributed by atoms with van der Waals surface area (Å²) in [4.78, 5) is 25.9. The highest BCUT2D eigenvalue weighted by atomic mass is 32.2. The second-order valence-electron chi connectivity index (χ2n) is 9.93. The molecule has 12 heteroatoms. The molecule has 4 heterocycles. The maximum atomic E-state index is 12.3. The number of esters is 1. The van der Waals surface area contributed by atoms with Crippen molar-refractivity contribution in [1.82, 2.24) is 15.0 Å². The molecule has 3 atom stereocenters. The predicted molar refractivity (Wildman–Crippen MR) is 144 cm³/mol. The van der Waals surface area contributed by atoms with Crippen LogP contribution in [0, 0.1) is 0 Å². The van der Waals surface area contributed by atoms with Crippen LogP contribution in [-0.2, 0) is 24.8 Å². The second-order valence-corrected chi connectivity index (χ2v) is 12.2. The van der Waals surface area contributed by atoms with E-state index in [4.69, 9.17) is 19.9 Å². The molecule has 0 spiro atoms. The fourth-order valence-corrected chi connectivity index (χ4v) is 5.01. The van der Waals surface area contributed by atoms with Crippen LogP contribution >= 0.6 is 0 Å². The van der Waals surface area contributed by atoms with Crippen molar-refractivity contribution in [2.45, 2.75) is 44.8 Å². The van der Waals surface area contributed by atoms with E-state index in [0.29, 0.717) is 40.6 Å². The number of carbonyl (C=O) groups is 1. The molecular weight excluding hydrogens is 510 g/mol. The van der Waals surface area contributed by atoms with Gasteiger partial charge in [0.2, 0.25) is 5.88 Å². The van der Waals surface area contributed by atoms with E-state index in [2.05, 4.69) is 20.3 Å². The van der Waals surface area contributed by atoms with E-state index >= 15 is 0 Å². The minimum atomic E-state index is -3.09. The molecule has 1 aliphatic heterocycles. The molecule has 0 saturated heterocycles. The van der Waals surface area contributed by atoms with E-state index in [1.165, 1.54) is 6.26 Å². The van der Waals surface area contributed by atoms with Crippen LogP contribution in [0.5, 0.6) is 5.88 Å². The molecule has 0 unspecified atom stereocenters. The maximum absolute atomic E-state index is 12.3. The summed E-state index contributed by atoms with van der Waals surface area (Å²) in [5.41, 5.74) is 7.58. The van der Waals surface area contributed by atoms with E-state index < -0.39 is 15.4 Å². The molecule has 204 valence electrons. The highest BCUT2D eigenvalue weighted by Crippen LogP contribution is 2.34. The first-order valence-corrected chi connectivity index (χ1v) is 14.3. The van der Waals surface area contributed by atoms with E-state index in [0.717, 1.165) is 10.9 Å². The summed E-state index contributed by atoms with van der Waals surface area (Å²) in [5.74, 6) is 0.957. The summed E-state index contributed by atoms with van der Waals surface area (Å²) < 4.78 is 39.4. The van der Waals surface area contributed by atoms with Crippen LogP contribution in [-0.4, -0.2) is 67.8 Å². The number of pyridine rings is 3. The molecule has 3 aromatic heterocycles. The Morgan fingerprint density at radius 2 is 1.92 bits per heavy atom. The van der Waals surface area contributed by atoms with Crippen LogP contribution in [0.25, 0.3) is 10.8 Å². The third-order valence-electron chi connectivity index (χ3n) is 6.52. The normalized spacial score (nSPS) is 18.9. The molecule has 0 saturated carbocycles. The molecule has 0 radical (unpaired) electrons. The van der Waals surface area contributed by atoms with Gasteiger partial charge in [-0.1, -0.05) is 6.92 Å². The first kappa shape index (κ1) is 27.7.